The Morgan fingerprint density at radius 3 is 2.38 bits per heavy atom. The summed E-state index contributed by atoms with van der Waals surface area (Å²) in [4.78, 5) is 10.7. The number of nitrogens with zero attached hydrogens (tertiary/aromatic N) is 1. The van der Waals surface area contributed by atoms with Gasteiger partial charge in [-0.1, -0.05) is 18.7 Å². The van der Waals surface area contributed by atoms with E-state index in [-0.39, 0.29) is 13.1 Å². The van der Waals surface area contributed by atoms with Gasteiger partial charge < -0.3 is 4.74 Å². The van der Waals surface area contributed by atoms with E-state index in [0.717, 1.165) is 10.6 Å². The first-order chi connectivity index (χ1) is 7.31. The third-order valence-electron chi connectivity index (χ3n) is 1.77. The fourth-order valence-electron chi connectivity index (χ4n) is 1.06. The Hall–Kier alpha value is -1.14. The van der Waals surface area contributed by atoms with Crippen LogP contribution in [0.25, 0.3) is 0 Å². The normalized spacial score (nSPS) is 13.2. The van der Waals surface area contributed by atoms with Gasteiger partial charge in [0.05, 0.1) is 12.8 Å². The molecular weight excluding hydrogens is 230 g/mol. The average molecular weight is 247 g/mol. The monoisotopic (exact) mass is 247 g/mol. The third-order valence-corrected chi connectivity index (χ3v) is 3.00. The zero-order valence-corrected chi connectivity index (χ0v) is 10.4. The van der Waals surface area contributed by atoms with E-state index in [0.29, 0.717) is 0 Å². The third kappa shape index (κ3) is 5.67. The van der Waals surface area contributed by atoms with Gasteiger partial charge in [-0.2, -0.15) is 4.31 Å². The van der Waals surface area contributed by atoms with E-state index >= 15 is 0 Å². The van der Waals surface area contributed by atoms with Crippen LogP contribution in [0, 0.1) is 0 Å². The molecule has 0 spiro atoms. The highest BCUT2D eigenvalue weighted by Crippen LogP contribution is 2.04. The first kappa shape index (κ1) is 14.9. The summed E-state index contributed by atoms with van der Waals surface area (Å²) in [5.74, 6) is -0.475. The molecule has 5 nitrogen and oxygen atoms in total. The zero-order chi connectivity index (χ0) is 12.8. The lowest BCUT2D eigenvalue weighted by Crippen LogP contribution is -2.37. The number of hydrogen-bond acceptors (Lipinski definition) is 4. The van der Waals surface area contributed by atoms with Crippen LogP contribution in [0.15, 0.2) is 25.3 Å². The molecule has 0 aromatic carbocycles. The minimum atomic E-state index is -3.35. The van der Waals surface area contributed by atoms with Gasteiger partial charge in [0.1, 0.15) is 6.10 Å². The summed E-state index contributed by atoms with van der Waals surface area (Å²) in [5.41, 5.74) is 0. The molecule has 1 unspecified atom stereocenters. The summed E-state index contributed by atoms with van der Waals surface area (Å²) in [5, 5.41) is 0. The van der Waals surface area contributed by atoms with Crippen LogP contribution in [0.1, 0.15) is 6.92 Å². The van der Waals surface area contributed by atoms with E-state index in [4.69, 9.17) is 4.74 Å². The fourth-order valence-corrected chi connectivity index (χ4v) is 1.86. The summed E-state index contributed by atoms with van der Waals surface area (Å²) in [6.07, 6.45) is 3.30. The molecule has 16 heavy (non-hydrogen) atoms. The number of rotatable bonds is 7. The number of sulfonamides is 1. The Kier molecular flexibility index (Phi) is 5.98. The molecule has 1 atom stereocenters. The van der Waals surface area contributed by atoms with Crippen molar-refractivity contribution in [2.75, 3.05) is 19.3 Å². The van der Waals surface area contributed by atoms with Crippen LogP contribution in [0.4, 0.5) is 0 Å². The summed E-state index contributed by atoms with van der Waals surface area (Å²) in [6, 6.07) is 0. The Labute approximate surface area is 96.4 Å². The predicted octanol–water partition coefficient (Wildman–Crippen LogP) is 0.552. The van der Waals surface area contributed by atoms with Gasteiger partial charge in [-0.25, -0.2) is 8.42 Å². The lowest BCUT2D eigenvalue weighted by atomic mass is 10.3. The molecule has 0 heterocycles. The summed E-state index contributed by atoms with van der Waals surface area (Å²) in [7, 11) is -3.35. The van der Waals surface area contributed by atoms with E-state index in [9.17, 15) is 13.2 Å². The van der Waals surface area contributed by atoms with Crippen molar-refractivity contribution in [2.45, 2.75) is 13.0 Å². The van der Waals surface area contributed by atoms with Gasteiger partial charge in [0.25, 0.3) is 0 Å². The fraction of sp³-hybridized carbons (Fsp3) is 0.500. The molecule has 0 N–H and O–H groups in total. The van der Waals surface area contributed by atoms with Gasteiger partial charge in [-0.15, -0.1) is 6.58 Å². The van der Waals surface area contributed by atoms with Gasteiger partial charge in [-0.3, -0.25) is 4.79 Å². The molecule has 0 aliphatic heterocycles. The van der Waals surface area contributed by atoms with Crippen molar-refractivity contribution < 1.29 is 17.9 Å². The number of ether oxygens (including phenoxy) is 1. The van der Waals surface area contributed by atoms with E-state index < -0.39 is 22.1 Å². The molecule has 0 amide bonds. The van der Waals surface area contributed by atoms with Crippen molar-refractivity contribution in [1.29, 1.82) is 0 Å². The molecule has 0 aliphatic rings. The molecule has 0 bridgehead atoms. The standard InChI is InChI=1S/C10H17NO4S/c1-5-7-11(16(4,13)14)8-10(6-2)15-9(3)12/h5-6,10H,1-2,7-8H2,3-4H3. The molecule has 0 radical (unpaired) electrons. The molecular formula is C10H17NO4S. The quantitative estimate of drug-likeness (QED) is 0.487. The van der Waals surface area contributed by atoms with Crippen LogP contribution in [0.5, 0.6) is 0 Å². The zero-order valence-electron chi connectivity index (χ0n) is 9.55. The van der Waals surface area contributed by atoms with Crippen molar-refractivity contribution in [3.8, 4) is 0 Å². The van der Waals surface area contributed by atoms with Crippen molar-refractivity contribution in [2.24, 2.45) is 0 Å². The van der Waals surface area contributed by atoms with Gasteiger partial charge in [0, 0.05) is 13.5 Å². The molecule has 6 heteroatoms. The van der Waals surface area contributed by atoms with Crippen LogP contribution in [-0.4, -0.2) is 44.1 Å². The topological polar surface area (TPSA) is 63.7 Å². The maximum absolute atomic E-state index is 11.4. The Morgan fingerprint density at radius 1 is 1.50 bits per heavy atom. The number of carbonyl (C=O) groups is 1. The average Bonchev–Trinajstić information content (AvgIpc) is 2.13. The number of hydrogen-bond donors (Lipinski definition) is 0. The molecule has 92 valence electrons. The van der Waals surface area contributed by atoms with E-state index in [2.05, 4.69) is 13.2 Å². The number of esters is 1. The van der Waals surface area contributed by atoms with Crippen molar-refractivity contribution in [3.63, 3.8) is 0 Å². The summed E-state index contributed by atoms with van der Waals surface area (Å²) >= 11 is 0. The molecule has 0 saturated carbocycles. The highest BCUT2D eigenvalue weighted by molar-refractivity contribution is 7.88. The van der Waals surface area contributed by atoms with Gasteiger partial charge in [0.15, 0.2) is 0 Å². The predicted molar refractivity (Wildman–Crippen MR) is 62.4 cm³/mol. The first-order valence-electron chi connectivity index (χ1n) is 4.67. The van der Waals surface area contributed by atoms with Crippen LogP contribution < -0.4 is 0 Å². The Morgan fingerprint density at radius 2 is 2.06 bits per heavy atom. The molecule has 0 saturated heterocycles. The van der Waals surface area contributed by atoms with Crippen LogP contribution in [-0.2, 0) is 19.6 Å². The minimum Gasteiger partial charge on any atom is -0.457 e. The van der Waals surface area contributed by atoms with Crippen molar-refractivity contribution in [3.05, 3.63) is 25.3 Å². The Balaban J connectivity index is 4.65. The molecule has 0 fully saturated rings. The maximum atomic E-state index is 11.4. The van der Waals surface area contributed by atoms with E-state index in [1.165, 1.54) is 19.1 Å². The molecule has 0 rings (SSSR count). The second kappa shape index (κ2) is 6.44. The summed E-state index contributed by atoms with van der Waals surface area (Å²) in [6.45, 7) is 8.43. The van der Waals surface area contributed by atoms with Gasteiger partial charge in [-0.05, 0) is 0 Å². The van der Waals surface area contributed by atoms with E-state index in [1.807, 2.05) is 0 Å². The van der Waals surface area contributed by atoms with Crippen molar-refractivity contribution >= 4 is 16.0 Å². The van der Waals surface area contributed by atoms with Crippen molar-refractivity contribution in [1.82, 2.24) is 4.31 Å². The van der Waals surface area contributed by atoms with E-state index in [1.54, 1.807) is 0 Å². The highest BCUT2D eigenvalue weighted by Gasteiger charge is 2.20. The molecule has 0 aliphatic carbocycles. The van der Waals surface area contributed by atoms with Gasteiger partial charge in [0.2, 0.25) is 10.0 Å². The Bertz CT molecular complexity index is 361. The van der Waals surface area contributed by atoms with Crippen LogP contribution in [0.3, 0.4) is 0 Å². The van der Waals surface area contributed by atoms with Crippen LogP contribution >= 0.6 is 0 Å². The lowest BCUT2D eigenvalue weighted by molar-refractivity contribution is -0.144. The van der Waals surface area contributed by atoms with Gasteiger partial charge >= 0.3 is 5.97 Å². The lowest BCUT2D eigenvalue weighted by Gasteiger charge is -2.22. The number of carbonyl (C=O) groups excluding carboxylic acids is 1. The first-order valence-corrected chi connectivity index (χ1v) is 6.52. The summed E-state index contributed by atoms with van der Waals surface area (Å²) < 4.78 is 28.8. The second-order valence-corrected chi connectivity index (χ2v) is 5.23. The molecule has 0 aromatic rings. The highest BCUT2D eigenvalue weighted by atomic mass is 32.2. The molecule has 0 aromatic heterocycles. The maximum Gasteiger partial charge on any atom is 0.303 e. The SMILES string of the molecule is C=CCN(CC(C=C)OC(C)=O)S(C)(=O)=O. The van der Waals surface area contributed by atoms with Crippen LogP contribution in [0.2, 0.25) is 0 Å². The smallest absolute Gasteiger partial charge is 0.303 e. The largest absolute Gasteiger partial charge is 0.457 e. The minimum absolute atomic E-state index is 0.0495. The second-order valence-electron chi connectivity index (χ2n) is 3.25.